The van der Waals surface area contributed by atoms with Gasteiger partial charge < -0.3 is 19.6 Å². The lowest BCUT2D eigenvalue weighted by Gasteiger charge is -2.30. The van der Waals surface area contributed by atoms with E-state index in [1.54, 1.807) is 7.11 Å². The molecule has 9 heteroatoms. The predicted octanol–water partition coefficient (Wildman–Crippen LogP) is 3.31. The molecule has 2 aliphatic heterocycles. The van der Waals surface area contributed by atoms with Gasteiger partial charge in [-0.2, -0.15) is 13.2 Å². The van der Waals surface area contributed by atoms with E-state index in [9.17, 15) is 18.0 Å². The van der Waals surface area contributed by atoms with Gasteiger partial charge in [0.1, 0.15) is 0 Å². The molecule has 6 nitrogen and oxygen atoms in total. The summed E-state index contributed by atoms with van der Waals surface area (Å²) >= 11 is 0. The number of likely N-dealkylation sites (tertiary alicyclic amines) is 2. The SMILES string of the molecule is CCc1ccc(C(=O)N2CC[C@@]3(CN(CC)C[C@@H]3COC)C2)cc1.O=C(O)C(F)(F)F. The van der Waals surface area contributed by atoms with Crippen LogP contribution in [0.5, 0.6) is 0 Å². The van der Waals surface area contributed by atoms with Gasteiger partial charge in [-0.15, -0.1) is 0 Å². The lowest BCUT2D eigenvalue weighted by atomic mass is 9.77. The van der Waals surface area contributed by atoms with E-state index in [0.29, 0.717) is 5.92 Å². The summed E-state index contributed by atoms with van der Waals surface area (Å²) < 4.78 is 37.2. The summed E-state index contributed by atoms with van der Waals surface area (Å²) in [6, 6.07) is 8.10. The highest BCUT2D eigenvalue weighted by atomic mass is 19.4. The van der Waals surface area contributed by atoms with Gasteiger partial charge in [-0.3, -0.25) is 4.79 Å². The minimum atomic E-state index is -5.08. The van der Waals surface area contributed by atoms with Crippen LogP contribution in [0.15, 0.2) is 24.3 Å². The zero-order valence-electron chi connectivity index (χ0n) is 18.2. The minimum absolute atomic E-state index is 0.181. The molecule has 0 saturated carbocycles. The van der Waals surface area contributed by atoms with E-state index in [2.05, 4.69) is 35.8 Å². The molecule has 1 aromatic rings. The number of hydrogen-bond acceptors (Lipinski definition) is 4. The largest absolute Gasteiger partial charge is 0.490 e. The van der Waals surface area contributed by atoms with Gasteiger partial charge in [0.25, 0.3) is 5.91 Å². The summed E-state index contributed by atoms with van der Waals surface area (Å²) in [5, 5.41) is 7.12. The summed E-state index contributed by atoms with van der Waals surface area (Å²) in [6.45, 7) is 10.1. The lowest BCUT2D eigenvalue weighted by molar-refractivity contribution is -0.192. The highest BCUT2D eigenvalue weighted by Crippen LogP contribution is 2.44. The molecule has 0 bridgehead atoms. The first kappa shape index (κ1) is 25.1. The Morgan fingerprint density at radius 1 is 1.19 bits per heavy atom. The Kier molecular flexibility index (Phi) is 8.48. The third-order valence-corrected chi connectivity index (χ3v) is 6.22. The summed E-state index contributed by atoms with van der Waals surface area (Å²) in [6.07, 6.45) is -2.98. The number of carboxylic acid groups (broad SMARTS) is 1. The van der Waals surface area contributed by atoms with Gasteiger partial charge in [-0.1, -0.05) is 26.0 Å². The first-order valence-electron chi connectivity index (χ1n) is 10.5. The third kappa shape index (κ3) is 6.20. The monoisotopic (exact) mass is 444 g/mol. The fraction of sp³-hybridized carbons (Fsp3) is 0.636. The fourth-order valence-electron chi connectivity index (χ4n) is 4.41. The first-order chi connectivity index (χ1) is 14.6. The summed E-state index contributed by atoms with van der Waals surface area (Å²) in [5.41, 5.74) is 2.31. The van der Waals surface area contributed by atoms with E-state index < -0.39 is 12.1 Å². The second-order valence-electron chi connectivity index (χ2n) is 8.17. The van der Waals surface area contributed by atoms with Crippen LogP contribution in [0.2, 0.25) is 0 Å². The second-order valence-corrected chi connectivity index (χ2v) is 8.17. The number of carboxylic acids is 1. The Balaban J connectivity index is 0.000000423. The number of methoxy groups -OCH3 is 1. The molecule has 31 heavy (non-hydrogen) atoms. The van der Waals surface area contributed by atoms with Crippen molar-refractivity contribution in [3.8, 4) is 0 Å². The van der Waals surface area contributed by atoms with Crippen molar-refractivity contribution in [2.24, 2.45) is 11.3 Å². The molecule has 0 aromatic heterocycles. The number of halogens is 3. The molecule has 1 spiro atoms. The maximum Gasteiger partial charge on any atom is 0.490 e. The van der Waals surface area contributed by atoms with Crippen molar-refractivity contribution in [3.05, 3.63) is 35.4 Å². The van der Waals surface area contributed by atoms with Gasteiger partial charge in [-0.05, 0) is 37.1 Å². The van der Waals surface area contributed by atoms with E-state index in [4.69, 9.17) is 14.6 Å². The maximum atomic E-state index is 12.9. The number of carbonyl (C=O) groups excluding carboxylic acids is 1. The number of amides is 1. The number of hydrogen-bond donors (Lipinski definition) is 1. The van der Waals surface area contributed by atoms with E-state index in [1.165, 1.54) is 5.56 Å². The van der Waals surface area contributed by atoms with Gasteiger partial charge in [0.2, 0.25) is 0 Å². The molecule has 0 unspecified atom stereocenters. The zero-order chi connectivity index (χ0) is 23.2. The van der Waals surface area contributed by atoms with Crippen molar-refractivity contribution in [1.82, 2.24) is 9.80 Å². The van der Waals surface area contributed by atoms with E-state index in [-0.39, 0.29) is 11.3 Å². The van der Waals surface area contributed by atoms with Gasteiger partial charge in [0.05, 0.1) is 6.61 Å². The smallest absolute Gasteiger partial charge is 0.475 e. The van der Waals surface area contributed by atoms with Crippen LogP contribution in [-0.4, -0.2) is 79.4 Å². The first-order valence-corrected chi connectivity index (χ1v) is 10.5. The van der Waals surface area contributed by atoms with Gasteiger partial charge in [-0.25, -0.2) is 4.79 Å². The van der Waals surface area contributed by atoms with Gasteiger partial charge in [0, 0.05) is 50.2 Å². The van der Waals surface area contributed by atoms with E-state index in [1.807, 2.05) is 12.1 Å². The Hall–Kier alpha value is -2.13. The molecule has 2 heterocycles. The number of alkyl halides is 3. The molecule has 2 saturated heterocycles. The molecule has 2 aliphatic rings. The standard InChI is InChI=1S/C20H30N2O2.C2HF3O2/c1-4-16-6-8-17(9-7-16)19(23)22-11-10-20(15-22)14-21(5-2)12-18(20)13-24-3;3-2(4,5)1(6)7/h6-9,18H,4-5,10-15H2,1-3H3;(H,6,7)/t18-,20-;/m1./s1. The average molecular weight is 444 g/mol. The minimum Gasteiger partial charge on any atom is -0.475 e. The van der Waals surface area contributed by atoms with Crippen LogP contribution in [0.1, 0.15) is 36.2 Å². The third-order valence-electron chi connectivity index (χ3n) is 6.22. The highest BCUT2D eigenvalue weighted by Gasteiger charge is 2.50. The van der Waals surface area contributed by atoms with Crippen LogP contribution < -0.4 is 0 Å². The van der Waals surface area contributed by atoms with Crippen LogP contribution in [0.25, 0.3) is 0 Å². The van der Waals surface area contributed by atoms with Crippen molar-refractivity contribution in [3.63, 3.8) is 0 Å². The van der Waals surface area contributed by atoms with Crippen molar-refractivity contribution in [2.45, 2.75) is 32.9 Å². The number of aliphatic carboxylic acids is 1. The predicted molar refractivity (Wildman–Crippen MR) is 110 cm³/mol. The summed E-state index contributed by atoms with van der Waals surface area (Å²) in [5.74, 6) is -2.05. The molecule has 1 aromatic carbocycles. The number of nitrogens with zero attached hydrogens (tertiary/aromatic N) is 2. The molecule has 2 fully saturated rings. The van der Waals surface area contributed by atoms with Crippen molar-refractivity contribution < 1.29 is 32.6 Å². The molecular weight excluding hydrogens is 413 g/mol. The van der Waals surface area contributed by atoms with Crippen LogP contribution in [0.3, 0.4) is 0 Å². The Bertz CT molecular complexity index is 754. The number of ether oxygens (including phenoxy) is 1. The van der Waals surface area contributed by atoms with E-state index >= 15 is 0 Å². The molecule has 174 valence electrons. The van der Waals surface area contributed by atoms with E-state index in [0.717, 1.165) is 57.7 Å². The summed E-state index contributed by atoms with van der Waals surface area (Å²) in [4.78, 5) is 26.3. The Morgan fingerprint density at radius 3 is 2.29 bits per heavy atom. The summed E-state index contributed by atoms with van der Waals surface area (Å²) in [7, 11) is 1.79. The Labute approximate surface area is 181 Å². The number of carbonyl (C=O) groups is 2. The van der Waals surface area contributed by atoms with Crippen LogP contribution >= 0.6 is 0 Å². The fourth-order valence-corrected chi connectivity index (χ4v) is 4.41. The van der Waals surface area contributed by atoms with Crippen LogP contribution in [0, 0.1) is 11.3 Å². The number of aryl methyl sites for hydroxylation is 1. The highest BCUT2D eigenvalue weighted by molar-refractivity contribution is 5.94. The quantitative estimate of drug-likeness (QED) is 0.755. The molecular formula is C22H31F3N2O4. The Morgan fingerprint density at radius 2 is 1.81 bits per heavy atom. The van der Waals surface area contributed by atoms with Crippen molar-refractivity contribution >= 4 is 11.9 Å². The van der Waals surface area contributed by atoms with Crippen LogP contribution in [0.4, 0.5) is 13.2 Å². The molecule has 1 N–H and O–H groups in total. The van der Waals surface area contributed by atoms with Gasteiger partial charge in [0.15, 0.2) is 0 Å². The molecule has 0 aliphatic carbocycles. The zero-order valence-corrected chi connectivity index (χ0v) is 18.2. The molecule has 3 rings (SSSR count). The second kappa shape index (κ2) is 10.5. The van der Waals surface area contributed by atoms with Crippen molar-refractivity contribution in [1.29, 1.82) is 0 Å². The molecule has 1 amide bonds. The topological polar surface area (TPSA) is 70.1 Å². The number of rotatable bonds is 5. The normalized spacial score (nSPS) is 23.7. The average Bonchev–Trinajstić information content (AvgIpc) is 3.32. The number of benzene rings is 1. The maximum absolute atomic E-state index is 12.9. The lowest BCUT2D eigenvalue weighted by Crippen LogP contribution is -2.38. The van der Waals surface area contributed by atoms with Crippen LogP contribution in [-0.2, 0) is 16.0 Å². The molecule has 2 atom stereocenters. The molecule has 0 radical (unpaired) electrons. The van der Waals surface area contributed by atoms with Gasteiger partial charge >= 0.3 is 12.1 Å². The van der Waals surface area contributed by atoms with Crippen molar-refractivity contribution in [2.75, 3.05) is 46.4 Å².